The standard InChI is InChI=1S/C17H11F2N3OS/c18-9-5-10(19)7-11(6-9)22-8-13(23)15(16(22)20)17-21-12-3-1-2-4-14(12)24-17/h1-7,20,23H,8H2. The second-order valence-corrected chi connectivity index (χ2v) is 6.40. The van der Waals surface area contributed by atoms with E-state index in [4.69, 9.17) is 5.41 Å². The van der Waals surface area contributed by atoms with Crippen LogP contribution in [0.15, 0.2) is 48.2 Å². The average molecular weight is 343 g/mol. The molecular weight excluding hydrogens is 332 g/mol. The highest BCUT2D eigenvalue weighted by atomic mass is 32.1. The Labute approximate surface area is 139 Å². The fourth-order valence-corrected chi connectivity index (χ4v) is 3.73. The molecule has 0 saturated heterocycles. The van der Waals surface area contributed by atoms with Gasteiger partial charge in [-0.25, -0.2) is 13.8 Å². The average Bonchev–Trinajstić information content (AvgIpc) is 3.06. The van der Waals surface area contributed by atoms with Crippen molar-refractivity contribution in [3.63, 3.8) is 0 Å². The number of amidine groups is 1. The maximum Gasteiger partial charge on any atom is 0.139 e. The highest BCUT2D eigenvalue weighted by Gasteiger charge is 2.31. The molecule has 1 aliphatic rings. The molecule has 1 aromatic heterocycles. The van der Waals surface area contributed by atoms with Crippen LogP contribution in [0.2, 0.25) is 0 Å². The topological polar surface area (TPSA) is 60.2 Å². The van der Waals surface area contributed by atoms with Crippen molar-refractivity contribution in [2.45, 2.75) is 0 Å². The zero-order valence-electron chi connectivity index (χ0n) is 12.3. The van der Waals surface area contributed by atoms with Crippen LogP contribution in [0, 0.1) is 17.0 Å². The number of fused-ring (bicyclic) bond motifs is 1. The minimum atomic E-state index is -0.731. The molecule has 24 heavy (non-hydrogen) atoms. The highest BCUT2D eigenvalue weighted by molar-refractivity contribution is 7.19. The van der Waals surface area contributed by atoms with Gasteiger partial charge < -0.3 is 10.0 Å². The van der Waals surface area contributed by atoms with Gasteiger partial charge in [0.05, 0.1) is 22.3 Å². The van der Waals surface area contributed by atoms with Crippen LogP contribution in [0.4, 0.5) is 14.5 Å². The molecule has 4 nitrogen and oxygen atoms in total. The number of anilines is 1. The number of rotatable bonds is 2. The third-order valence-electron chi connectivity index (χ3n) is 3.77. The summed E-state index contributed by atoms with van der Waals surface area (Å²) in [4.78, 5) is 5.79. The lowest BCUT2D eigenvalue weighted by Crippen LogP contribution is -2.26. The first-order chi connectivity index (χ1) is 11.5. The smallest absolute Gasteiger partial charge is 0.139 e. The number of aliphatic hydroxyl groups excluding tert-OH is 1. The number of benzene rings is 2. The number of para-hydroxylation sites is 1. The molecule has 1 aliphatic heterocycles. The molecular formula is C17H11F2N3OS. The quantitative estimate of drug-likeness (QED) is 0.728. The van der Waals surface area contributed by atoms with E-state index in [0.717, 1.165) is 28.4 Å². The number of aliphatic hydroxyl groups is 1. The lowest BCUT2D eigenvalue weighted by Gasteiger charge is -2.18. The third kappa shape index (κ3) is 2.33. The second-order valence-electron chi connectivity index (χ2n) is 5.37. The molecule has 0 radical (unpaired) electrons. The van der Waals surface area contributed by atoms with Crippen molar-refractivity contribution in [1.82, 2.24) is 4.98 Å². The van der Waals surface area contributed by atoms with Gasteiger partial charge in [0.1, 0.15) is 28.2 Å². The lowest BCUT2D eigenvalue weighted by atomic mass is 10.2. The van der Waals surface area contributed by atoms with Crippen molar-refractivity contribution in [1.29, 1.82) is 5.41 Å². The summed E-state index contributed by atoms with van der Waals surface area (Å²) in [5.74, 6) is -1.53. The van der Waals surface area contributed by atoms with E-state index in [9.17, 15) is 13.9 Å². The van der Waals surface area contributed by atoms with E-state index in [0.29, 0.717) is 10.6 Å². The van der Waals surface area contributed by atoms with E-state index >= 15 is 0 Å². The van der Waals surface area contributed by atoms with E-state index in [1.54, 1.807) is 0 Å². The number of nitrogens with one attached hydrogen (secondary N) is 1. The van der Waals surface area contributed by atoms with Gasteiger partial charge in [-0.3, -0.25) is 5.41 Å². The van der Waals surface area contributed by atoms with Crippen molar-refractivity contribution in [3.8, 4) is 0 Å². The second kappa shape index (κ2) is 5.38. The number of hydrogen-bond acceptors (Lipinski definition) is 4. The maximum absolute atomic E-state index is 13.4. The molecule has 0 saturated carbocycles. The van der Waals surface area contributed by atoms with E-state index < -0.39 is 11.6 Å². The fourth-order valence-electron chi connectivity index (χ4n) is 2.70. The Bertz CT molecular complexity index is 959. The predicted octanol–water partition coefficient (Wildman–Crippen LogP) is 4.34. The summed E-state index contributed by atoms with van der Waals surface area (Å²) in [7, 11) is 0. The van der Waals surface area contributed by atoms with Gasteiger partial charge in [-0.05, 0) is 24.3 Å². The molecule has 0 unspecified atom stereocenters. The van der Waals surface area contributed by atoms with Crippen molar-refractivity contribution in [2.24, 2.45) is 0 Å². The van der Waals surface area contributed by atoms with Gasteiger partial charge >= 0.3 is 0 Å². The number of aromatic nitrogens is 1. The van der Waals surface area contributed by atoms with E-state index in [2.05, 4.69) is 4.98 Å². The van der Waals surface area contributed by atoms with Crippen LogP contribution >= 0.6 is 11.3 Å². The SMILES string of the molecule is N=C1C(c2nc3ccccc3s2)=C(O)CN1c1cc(F)cc(F)c1. The molecule has 0 aliphatic carbocycles. The number of thiazole rings is 1. The summed E-state index contributed by atoms with van der Waals surface area (Å²) in [5, 5.41) is 19.1. The van der Waals surface area contributed by atoms with Gasteiger partial charge in [0.25, 0.3) is 0 Å². The third-order valence-corrected chi connectivity index (χ3v) is 4.82. The zero-order valence-corrected chi connectivity index (χ0v) is 13.1. The Balaban J connectivity index is 1.75. The Morgan fingerprint density at radius 1 is 1.12 bits per heavy atom. The Hall–Kier alpha value is -2.80. The van der Waals surface area contributed by atoms with Crippen LogP contribution in [-0.2, 0) is 0 Å². The fraction of sp³-hybridized carbons (Fsp3) is 0.0588. The molecule has 4 rings (SSSR count). The molecule has 2 aromatic carbocycles. The number of hydrogen-bond donors (Lipinski definition) is 2. The molecule has 0 atom stereocenters. The summed E-state index contributed by atoms with van der Waals surface area (Å²) >= 11 is 1.36. The molecule has 3 aromatic rings. The van der Waals surface area contributed by atoms with Gasteiger partial charge in [-0.1, -0.05) is 12.1 Å². The summed E-state index contributed by atoms with van der Waals surface area (Å²) in [6, 6.07) is 10.5. The Morgan fingerprint density at radius 3 is 2.54 bits per heavy atom. The molecule has 2 heterocycles. The lowest BCUT2D eigenvalue weighted by molar-refractivity contribution is 0.411. The molecule has 0 amide bonds. The number of halogens is 2. The molecule has 0 bridgehead atoms. The van der Waals surface area contributed by atoms with Crippen LogP contribution in [0.1, 0.15) is 5.01 Å². The van der Waals surface area contributed by atoms with Gasteiger partial charge in [-0.2, -0.15) is 0 Å². The van der Waals surface area contributed by atoms with Gasteiger partial charge in [0.15, 0.2) is 0 Å². The van der Waals surface area contributed by atoms with E-state index in [1.807, 2.05) is 24.3 Å². The van der Waals surface area contributed by atoms with Crippen molar-refractivity contribution in [3.05, 3.63) is 64.9 Å². The molecule has 0 fully saturated rings. The Morgan fingerprint density at radius 2 is 1.83 bits per heavy atom. The van der Waals surface area contributed by atoms with Crippen LogP contribution in [0.25, 0.3) is 15.8 Å². The minimum absolute atomic E-state index is 0.0208. The summed E-state index contributed by atoms with van der Waals surface area (Å²) < 4.78 is 27.8. The largest absolute Gasteiger partial charge is 0.510 e. The molecule has 120 valence electrons. The Kier molecular flexibility index (Phi) is 3.31. The normalized spacial score (nSPS) is 14.9. The zero-order chi connectivity index (χ0) is 16.8. The molecule has 0 spiro atoms. The van der Waals surface area contributed by atoms with Gasteiger partial charge in [-0.15, -0.1) is 11.3 Å². The highest BCUT2D eigenvalue weighted by Crippen LogP contribution is 2.35. The monoisotopic (exact) mass is 343 g/mol. The van der Waals surface area contributed by atoms with Crippen LogP contribution < -0.4 is 4.90 Å². The van der Waals surface area contributed by atoms with Crippen LogP contribution in [0.5, 0.6) is 0 Å². The van der Waals surface area contributed by atoms with Gasteiger partial charge in [0, 0.05) is 11.8 Å². The van der Waals surface area contributed by atoms with Crippen molar-refractivity contribution >= 4 is 38.6 Å². The minimum Gasteiger partial charge on any atom is -0.510 e. The van der Waals surface area contributed by atoms with Crippen LogP contribution in [-0.4, -0.2) is 22.5 Å². The first kappa shape index (κ1) is 14.8. The molecule has 2 N–H and O–H groups in total. The van der Waals surface area contributed by atoms with Crippen molar-refractivity contribution < 1.29 is 13.9 Å². The molecule has 7 heteroatoms. The summed E-state index contributed by atoms with van der Waals surface area (Å²) in [6.45, 7) is -0.0208. The van der Waals surface area contributed by atoms with Crippen molar-refractivity contribution in [2.75, 3.05) is 11.4 Å². The van der Waals surface area contributed by atoms with Crippen LogP contribution in [0.3, 0.4) is 0 Å². The summed E-state index contributed by atoms with van der Waals surface area (Å²) in [6.07, 6.45) is 0. The first-order valence-corrected chi connectivity index (χ1v) is 7.95. The first-order valence-electron chi connectivity index (χ1n) is 7.13. The summed E-state index contributed by atoms with van der Waals surface area (Å²) in [5.41, 5.74) is 1.25. The maximum atomic E-state index is 13.4. The van der Waals surface area contributed by atoms with Gasteiger partial charge in [0.2, 0.25) is 0 Å². The predicted molar refractivity (Wildman–Crippen MR) is 90.6 cm³/mol. The van der Waals surface area contributed by atoms with E-state index in [-0.39, 0.29) is 23.8 Å². The number of nitrogens with zero attached hydrogens (tertiary/aromatic N) is 2. The van der Waals surface area contributed by atoms with E-state index in [1.165, 1.54) is 16.2 Å².